The van der Waals surface area contributed by atoms with Gasteiger partial charge < -0.3 is 10.1 Å². The van der Waals surface area contributed by atoms with Crippen LogP contribution in [0.15, 0.2) is 18.2 Å². The molecule has 2 rings (SSSR count). The van der Waals surface area contributed by atoms with Crippen molar-refractivity contribution in [2.45, 2.75) is 19.4 Å². The monoisotopic (exact) mass is 254 g/mol. The lowest BCUT2D eigenvalue weighted by atomic mass is 10.0. The van der Waals surface area contributed by atoms with Gasteiger partial charge in [0, 0.05) is 18.6 Å². The standard InChI is InChI=1S/C12H15FN2O3/c1-8(9-5-6-18-7-9)14-11-4-2-3-10(13)12(11)15(16)17/h2-4,8-9,14H,5-7H2,1H3. The summed E-state index contributed by atoms with van der Waals surface area (Å²) in [4.78, 5) is 10.1. The van der Waals surface area contributed by atoms with Crippen molar-refractivity contribution < 1.29 is 14.1 Å². The zero-order valence-corrected chi connectivity index (χ0v) is 10.1. The molecule has 1 aliphatic rings. The molecule has 2 unspecified atom stereocenters. The normalized spacial score (nSPS) is 20.7. The molecule has 1 heterocycles. The third kappa shape index (κ3) is 2.59. The van der Waals surface area contributed by atoms with Crippen LogP contribution in [0.2, 0.25) is 0 Å². The highest BCUT2D eigenvalue weighted by molar-refractivity contribution is 5.62. The minimum atomic E-state index is -0.820. The second-order valence-electron chi connectivity index (χ2n) is 4.45. The first kappa shape index (κ1) is 12.8. The van der Waals surface area contributed by atoms with Gasteiger partial charge in [0.25, 0.3) is 0 Å². The van der Waals surface area contributed by atoms with Crippen LogP contribution in [0, 0.1) is 21.8 Å². The predicted molar refractivity (Wildman–Crippen MR) is 65.1 cm³/mol. The lowest BCUT2D eigenvalue weighted by Crippen LogP contribution is -2.26. The summed E-state index contributed by atoms with van der Waals surface area (Å²) >= 11 is 0. The number of hydrogen-bond donors (Lipinski definition) is 1. The first-order valence-corrected chi connectivity index (χ1v) is 5.86. The van der Waals surface area contributed by atoms with E-state index < -0.39 is 16.4 Å². The number of hydrogen-bond acceptors (Lipinski definition) is 4. The van der Waals surface area contributed by atoms with Gasteiger partial charge >= 0.3 is 5.69 Å². The number of ether oxygens (including phenoxy) is 1. The van der Waals surface area contributed by atoms with Crippen molar-refractivity contribution >= 4 is 11.4 Å². The van der Waals surface area contributed by atoms with E-state index in [-0.39, 0.29) is 11.7 Å². The Hall–Kier alpha value is -1.69. The van der Waals surface area contributed by atoms with Gasteiger partial charge in [0.15, 0.2) is 0 Å². The molecule has 1 aromatic carbocycles. The Kier molecular flexibility index (Phi) is 3.76. The molecule has 2 atom stereocenters. The van der Waals surface area contributed by atoms with Crippen LogP contribution in [-0.4, -0.2) is 24.2 Å². The van der Waals surface area contributed by atoms with Gasteiger partial charge in [-0.2, -0.15) is 4.39 Å². The Balaban J connectivity index is 2.17. The van der Waals surface area contributed by atoms with Gasteiger partial charge in [0.1, 0.15) is 5.69 Å². The van der Waals surface area contributed by atoms with E-state index in [0.29, 0.717) is 19.1 Å². The summed E-state index contributed by atoms with van der Waals surface area (Å²) in [5, 5.41) is 13.9. The van der Waals surface area contributed by atoms with Crippen LogP contribution >= 0.6 is 0 Å². The fraction of sp³-hybridized carbons (Fsp3) is 0.500. The van der Waals surface area contributed by atoms with Crippen molar-refractivity contribution in [2.75, 3.05) is 18.5 Å². The number of nitrogens with one attached hydrogen (secondary N) is 1. The molecule has 0 aliphatic carbocycles. The molecule has 1 aliphatic heterocycles. The Morgan fingerprint density at radius 1 is 1.61 bits per heavy atom. The average Bonchev–Trinajstić information content (AvgIpc) is 2.81. The SMILES string of the molecule is CC(Nc1cccc(F)c1[N+](=O)[O-])C1CCOC1. The highest BCUT2D eigenvalue weighted by Crippen LogP contribution is 2.29. The second-order valence-corrected chi connectivity index (χ2v) is 4.45. The maximum absolute atomic E-state index is 13.4. The molecule has 5 nitrogen and oxygen atoms in total. The number of nitrogens with zero attached hydrogens (tertiary/aromatic N) is 1. The van der Waals surface area contributed by atoms with Gasteiger partial charge in [-0.1, -0.05) is 6.07 Å². The summed E-state index contributed by atoms with van der Waals surface area (Å²) < 4.78 is 18.7. The van der Waals surface area contributed by atoms with Crippen molar-refractivity contribution in [2.24, 2.45) is 5.92 Å². The quantitative estimate of drug-likeness (QED) is 0.662. The number of nitro groups is 1. The summed E-state index contributed by atoms with van der Waals surface area (Å²) in [5.41, 5.74) is -0.275. The highest BCUT2D eigenvalue weighted by Gasteiger charge is 2.26. The van der Waals surface area contributed by atoms with Gasteiger partial charge in [-0.05, 0) is 25.5 Å². The van der Waals surface area contributed by atoms with Gasteiger partial charge in [-0.15, -0.1) is 0 Å². The van der Waals surface area contributed by atoms with E-state index in [2.05, 4.69) is 5.32 Å². The van der Waals surface area contributed by atoms with Crippen molar-refractivity contribution in [3.63, 3.8) is 0 Å². The van der Waals surface area contributed by atoms with Gasteiger partial charge in [0.05, 0.1) is 11.5 Å². The fourth-order valence-corrected chi connectivity index (χ4v) is 2.13. The van der Waals surface area contributed by atoms with Crippen LogP contribution in [0.25, 0.3) is 0 Å². The van der Waals surface area contributed by atoms with E-state index in [0.717, 1.165) is 12.5 Å². The van der Waals surface area contributed by atoms with Crippen molar-refractivity contribution in [1.29, 1.82) is 0 Å². The van der Waals surface area contributed by atoms with Gasteiger partial charge in [-0.3, -0.25) is 10.1 Å². The first-order valence-electron chi connectivity index (χ1n) is 5.86. The van der Waals surface area contributed by atoms with E-state index >= 15 is 0 Å². The van der Waals surface area contributed by atoms with Crippen LogP contribution in [0.5, 0.6) is 0 Å². The van der Waals surface area contributed by atoms with E-state index in [1.807, 2.05) is 6.92 Å². The molecular formula is C12H15FN2O3. The zero-order chi connectivity index (χ0) is 13.1. The number of para-hydroxylation sites is 1. The zero-order valence-electron chi connectivity index (χ0n) is 10.1. The Bertz CT molecular complexity index is 447. The van der Waals surface area contributed by atoms with Crippen molar-refractivity contribution in [1.82, 2.24) is 0 Å². The molecule has 18 heavy (non-hydrogen) atoms. The Morgan fingerprint density at radius 3 is 3.00 bits per heavy atom. The molecule has 0 bridgehead atoms. The summed E-state index contributed by atoms with van der Waals surface area (Å²) in [5.74, 6) is -0.521. The van der Waals surface area contributed by atoms with Crippen LogP contribution in [0.3, 0.4) is 0 Å². The van der Waals surface area contributed by atoms with Crippen molar-refractivity contribution in [3.8, 4) is 0 Å². The third-order valence-electron chi connectivity index (χ3n) is 3.22. The molecular weight excluding hydrogens is 239 g/mol. The van der Waals surface area contributed by atoms with E-state index in [9.17, 15) is 14.5 Å². The maximum atomic E-state index is 13.4. The smallest absolute Gasteiger partial charge is 0.327 e. The van der Waals surface area contributed by atoms with Crippen LogP contribution < -0.4 is 5.32 Å². The second kappa shape index (κ2) is 5.30. The molecule has 1 saturated heterocycles. The van der Waals surface area contributed by atoms with Gasteiger partial charge in [0.2, 0.25) is 5.82 Å². The lowest BCUT2D eigenvalue weighted by molar-refractivity contribution is -0.386. The number of rotatable bonds is 4. The molecule has 0 amide bonds. The molecule has 1 aromatic rings. The van der Waals surface area contributed by atoms with Crippen LogP contribution in [0.1, 0.15) is 13.3 Å². The Labute approximate surface area is 104 Å². The van der Waals surface area contributed by atoms with Crippen LogP contribution in [0.4, 0.5) is 15.8 Å². The van der Waals surface area contributed by atoms with E-state index in [1.165, 1.54) is 12.1 Å². The van der Waals surface area contributed by atoms with E-state index in [1.54, 1.807) is 0 Å². The number of benzene rings is 1. The van der Waals surface area contributed by atoms with Crippen molar-refractivity contribution in [3.05, 3.63) is 34.1 Å². The molecule has 0 spiro atoms. The summed E-state index contributed by atoms with van der Waals surface area (Å²) in [6.07, 6.45) is 0.914. The topological polar surface area (TPSA) is 64.4 Å². The maximum Gasteiger partial charge on any atom is 0.327 e. The first-order chi connectivity index (χ1) is 8.59. The van der Waals surface area contributed by atoms with Gasteiger partial charge in [-0.25, -0.2) is 0 Å². The molecule has 1 fully saturated rings. The number of anilines is 1. The molecule has 6 heteroatoms. The summed E-state index contributed by atoms with van der Waals surface area (Å²) in [6.45, 7) is 3.27. The van der Waals surface area contributed by atoms with Crippen LogP contribution in [-0.2, 0) is 4.74 Å². The largest absolute Gasteiger partial charge is 0.381 e. The molecule has 98 valence electrons. The highest BCUT2D eigenvalue weighted by atomic mass is 19.1. The molecule has 0 radical (unpaired) electrons. The fourth-order valence-electron chi connectivity index (χ4n) is 2.13. The minimum absolute atomic E-state index is 0.00741. The molecule has 0 aromatic heterocycles. The predicted octanol–water partition coefficient (Wildman–Crippen LogP) is 2.57. The Morgan fingerprint density at radius 2 is 2.39 bits per heavy atom. The van der Waals surface area contributed by atoms with E-state index in [4.69, 9.17) is 4.74 Å². The summed E-state index contributed by atoms with van der Waals surface area (Å²) in [6, 6.07) is 4.08. The minimum Gasteiger partial charge on any atom is -0.381 e. The average molecular weight is 254 g/mol. The third-order valence-corrected chi connectivity index (χ3v) is 3.22. The number of halogens is 1. The molecule has 1 N–H and O–H groups in total. The number of nitro benzene ring substituents is 1. The lowest BCUT2D eigenvalue weighted by Gasteiger charge is -2.20. The summed E-state index contributed by atoms with van der Waals surface area (Å²) in [7, 11) is 0. The molecule has 0 saturated carbocycles.